The zero-order valence-corrected chi connectivity index (χ0v) is 16.1. The Kier molecular flexibility index (Phi) is 10.6. The van der Waals surface area contributed by atoms with Crippen LogP contribution in [0.5, 0.6) is 0 Å². The van der Waals surface area contributed by atoms with Crippen molar-refractivity contribution in [3.63, 3.8) is 0 Å². The Morgan fingerprint density at radius 1 is 1.16 bits per heavy atom. The van der Waals surface area contributed by atoms with Crippen LogP contribution in [0.3, 0.4) is 0 Å². The van der Waals surface area contributed by atoms with E-state index in [1.807, 2.05) is 37.8 Å². The van der Waals surface area contributed by atoms with E-state index in [1.165, 1.54) is 0 Å². The molecule has 0 aliphatic rings. The Balaban J connectivity index is 2.43. The zero-order chi connectivity index (χ0) is 18.5. The number of unbranched alkanes of at least 4 members (excludes halogenated alkanes) is 1. The molecule has 0 atom stereocenters. The van der Waals surface area contributed by atoms with E-state index >= 15 is 0 Å². The first-order valence-corrected chi connectivity index (χ1v) is 9.21. The number of nitrogens with zero attached hydrogens (tertiary/aromatic N) is 2. The molecule has 2 N–H and O–H groups in total. The monoisotopic (exact) mass is 352 g/mol. The molecule has 5 nitrogen and oxygen atoms in total. The summed E-state index contributed by atoms with van der Waals surface area (Å²) in [6.07, 6.45) is 2.05. The standard InChI is InChI=1S/C19H33FN4O/c1-5-24(6-2)18-11-10-16(14-17(18)20)15-23-19(21-4)22-12-8-9-13-25-7-3/h10-11,14H,5-9,12-13,15H2,1-4H3,(H2,21,22,23). The average molecular weight is 352 g/mol. The second kappa shape index (κ2) is 12.5. The number of aliphatic imine (C=N–C) groups is 1. The highest BCUT2D eigenvalue weighted by molar-refractivity contribution is 5.79. The van der Waals surface area contributed by atoms with Crippen LogP contribution < -0.4 is 15.5 Å². The Labute approximate surface area is 151 Å². The second-order valence-electron chi connectivity index (χ2n) is 5.71. The van der Waals surface area contributed by atoms with Crippen molar-refractivity contribution in [3.8, 4) is 0 Å². The molecule has 0 aromatic heterocycles. The Morgan fingerprint density at radius 2 is 1.92 bits per heavy atom. The SMILES string of the molecule is CCOCCCCNC(=NC)NCc1ccc(N(CC)CC)c(F)c1. The van der Waals surface area contributed by atoms with Gasteiger partial charge in [-0.05, 0) is 51.3 Å². The van der Waals surface area contributed by atoms with Crippen LogP contribution in [0.25, 0.3) is 0 Å². The molecule has 142 valence electrons. The van der Waals surface area contributed by atoms with E-state index in [0.29, 0.717) is 12.2 Å². The van der Waals surface area contributed by atoms with E-state index in [1.54, 1.807) is 13.1 Å². The van der Waals surface area contributed by atoms with E-state index in [9.17, 15) is 4.39 Å². The number of ether oxygens (including phenoxy) is 1. The van der Waals surface area contributed by atoms with Crippen molar-refractivity contribution in [1.29, 1.82) is 0 Å². The van der Waals surface area contributed by atoms with Crippen molar-refractivity contribution in [2.45, 2.75) is 40.2 Å². The van der Waals surface area contributed by atoms with Crippen molar-refractivity contribution >= 4 is 11.6 Å². The van der Waals surface area contributed by atoms with Crippen LogP contribution in [0.1, 0.15) is 39.2 Å². The average Bonchev–Trinajstić information content (AvgIpc) is 2.63. The van der Waals surface area contributed by atoms with E-state index in [0.717, 1.165) is 57.2 Å². The number of guanidine groups is 1. The first kappa shape index (κ1) is 21.2. The predicted molar refractivity (Wildman–Crippen MR) is 104 cm³/mol. The molecule has 25 heavy (non-hydrogen) atoms. The summed E-state index contributed by atoms with van der Waals surface area (Å²) in [5.74, 6) is 0.548. The minimum absolute atomic E-state index is 0.179. The number of halogens is 1. The molecule has 0 spiro atoms. The van der Waals surface area contributed by atoms with Gasteiger partial charge in [-0.15, -0.1) is 0 Å². The first-order chi connectivity index (χ1) is 12.2. The maximum absolute atomic E-state index is 14.3. The van der Waals surface area contributed by atoms with Crippen LogP contribution in [-0.4, -0.2) is 45.9 Å². The number of nitrogens with one attached hydrogen (secondary N) is 2. The highest BCUT2D eigenvalue weighted by atomic mass is 19.1. The lowest BCUT2D eigenvalue weighted by molar-refractivity contribution is 0.143. The number of anilines is 1. The van der Waals surface area contributed by atoms with Gasteiger partial charge in [0.05, 0.1) is 5.69 Å². The number of benzene rings is 1. The Bertz CT molecular complexity index is 518. The van der Waals surface area contributed by atoms with Crippen molar-refractivity contribution in [2.24, 2.45) is 4.99 Å². The van der Waals surface area contributed by atoms with Gasteiger partial charge >= 0.3 is 0 Å². The molecule has 0 saturated heterocycles. The van der Waals surface area contributed by atoms with Gasteiger partial charge in [-0.25, -0.2) is 4.39 Å². The molecule has 1 aromatic rings. The normalized spacial score (nSPS) is 11.5. The van der Waals surface area contributed by atoms with Gasteiger partial charge in [0, 0.05) is 46.4 Å². The summed E-state index contributed by atoms with van der Waals surface area (Å²) in [6.45, 7) is 10.6. The highest BCUT2D eigenvalue weighted by Crippen LogP contribution is 2.20. The molecule has 0 bridgehead atoms. The van der Waals surface area contributed by atoms with Gasteiger partial charge in [0.1, 0.15) is 5.82 Å². The third-order valence-electron chi connectivity index (χ3n) is 4.01. The van der Waals surface area contributed by atoms with Gasteiger partial charge in [-0.2, -0.15) is 0 Å². The lowest BCUT2D eigenvalue weighted by atomic mass is 10.2. The molecular weight excluding hydrogens is 319 g/mol. The van der Waals surface area contributed by atoms with E-state index in [4.69, 9.17) is 4.74 Å². The summed E-state index contributed by atoms with van der Waals surface area (Å²) >= 11 is 0. The summed E-state index contributed by atoms with van der Waals surface area (Å²) in [4.78, 5) is 6.20. The van der Waals surface area contributed by atoms with Gasteiger partial charge in [-0.3, -0.25) is 4.99 Å². The lowest BCUT2D eigenvalue weighted by Crippen LogP contribution is -2.37. The Morgan fingerprint density at radius 3 is 2.52 bits per heavy atom. The molecular formula is C19H33FN4O. The largest absolute Gasteiger partial charge is 0.382 e. The molecule has 0 unspecified atom stereocenters. The van der Waals surface area contributed by atoms with Gasteiger partial charge in [-0.1, -0.05) is 6.07 Å². The minimum atomic E-state index is -0.179. The third kappa shape index (κ3) is 7.73. The maximum atomic E-state index is 14.3. The van der Waals surface area contributed by atoms with E-state index in [2.05, 4.69) is 15.6 Å². The van der Waals surface area contributed by atoms with Gasteiger partial charge in [0.25, 0.3) is 0 Å². The fourth-order valence-electron chi connectivity index (χ4n) is 2.57. The summed E-state index contributed by atoms with van der Waals surface area (Å²) < 4.78 is 19.6. The van der Waals surface area contributed by atoms with Crippen LogP contribution in [0.4, 0.5) is 10.1 Å². The fourth-order valence-corrected chi connectivity index (χ4v) is 2.57. The molecule has 0 amide bonds. The van der Waals surface area contributed by atoms with Gasteiger partial charge in [0.2, 0.25) is 0 Å². The molecule has 1 rings (SSSR count). The van der Waals surface area contributed by atoms with Crippen molar-refractivity contribution < 1.29 is 9.13 Å². The minimum Gasteiger partial charge on any atom is -0.382 e. The summed E-state index contributed by atoms with van der Waals surface area (Å²) in [5, 5.41) is 6.48. The number of hydrogen-bond donors (Lipinski definition) is 2. The summed E-state index contributed by atoms with van der Waals surface area (Å²) in [7, 11) is 1.74. The lowest BCUT2D eigenvalue weighted by Gasteiger charge is -2.22. The summed E-state index contributed by atoms with van der Waals surface area (Å²) in [5.41, 5.74) is 1.55. The fraction of sp³-hybridized carbons (Fsp3) is 0.632. The van der Waals surface area contributed by atoms with Crippen molar-refractivity contribution in [1.82, 2.24) is 10.6 Å². The molecule has 0 heterocycles. The quantitative estimate of drug-likeness (QED) is 0.365. The zero-order valence-electron chi connectivity index (χ0n) is 16.1. The van der Waals surface area contributed by atoms with Crippen LogP contribution in [0, 0.1) is 5.82 Å². The third-order valence-corrected chi connectivity index (χ3v) is 4.01. The topological polar surface area (TPSA) is 48.9 Å². The highest BCUT2D eigenvalue weighted by Gasteiger charge is 2.09. The maximum Gasteiger partial charge on any atom is 0.191 e. The molecule has 0 aliphatic carbocycles. The summed E-state index contributed by atoms with van der Waals surface area (Å²) in [6, 6.07) is 5.40. The van der Waals surface area contributed by atoms with Gasteiger partial charge < -0.3 is 20.3 Å². The van der Waals surface area contributed by atoms with Crippen LogP contribution >= 0.6 is 0 Å². The van der Waals surface area contributed by atoms with Crippen molar-refractivity contribution in [2.75, 3.05) is 44.8 Å². The van der Waals surface area contributed by atoms with E-state index < -0.39 is 0 Å². The van der Waals surface area contributed by atoms with Crippen LogP contribution in [0.2, 0.25) is 0 Å². The second-order valence-corrected chi connectivity index (χ2v) is 5.71. The van der Waals surface area contributed by atoms with Crippen molar-refractivity contribution in [3.05, 3.63) is 29.6 Å². The Hall–Kier alpha value is -1.82. The predicted octanol–water partition coefficient (Wildman–Crippen LogP) is 3.15. The molecule has 0 fully saturated rings. The molecule has 1 aromatic carbocycles. The smallest absolute Gasteiger partial charge is 0.191 e. The van der Waals surface area contributed by atoms with Crippen LogP contribution in [-0.2, 0) is 11.3 Å². The number of hydrogen-bond acceptors (Lipinski definition) is 3. The molecule has 0 aliphatic heterocycles. The van der Waals surface area contributed by atoms with E-state index in [-0.39, 0.29) is 5.82 Å². The van der Waals surface area contributed by atoms with Crippen LogP contribution in [0.15, 0.2) is 23.2 Å². The molecule has 0 saturated carbocycles. The molecule has 0 radical (unpaired) electrons. The first-order valence-electron chi connectivity index (χ1n) is 9.21. The van der Waals surface area contributed by atoms with Gasteiger partial charge in [0.15, 0.2) is 5.96 Å². The molecule has 6 heteroatoms. The number of rotatable bonds is 11.